The normalized spacial score (nSPS) is 16.0. The average Bonchev–Trinajstić information content (AvgIpc) is 2.24. The van der Waals surface area contributed by atoms with E-state index in [9.17, 15) is 0 Å². The highest BCUT2D eigenvalue weighted by Gasteiger charge is 1.95. The van der Waals surface area contributed by atoms with Crippen molar-refractivity contribution >= 4 is 0 Å². The summed E-state index contributed by atoms with van der Waals surface area (Å²) in [7, 11) is 0. The van der Waals surface area contributed by atoms with Crippen LogP contribution in [0.3, 0.4) is 0 Å². The van der Waals surface area contributed by atoms with Gasteiger partial charge in [-0.1, -0.05) is 74.9 Å². The maximum Gasteiger partial charge on any atom is 1.00 e. The summed E-state index contributed by atoms with van der Waals surface area (Å²) in [6, 6.07) is 12.0. The van der Waals surface area contributed by atoms with Crippen LogP contribution in [0, 0.1) is 0 Å². The van der Waals surface area contributed by atoms with E-state index in [0.29, 0.717) is 0 Å². The first-order valence-corrected chi connectivity index (χ1v) is 5.00. The summed E-state index contributed by atoms with van der Waals surface area (Å²) in [5.41, 5.74) is 0. The van der Waals surface area contributed by atoms with Crippen LogP contribution >= 0.6 is 0 Å². The van der Waals surface area contributed by atoms with E-state index in [2.05, 4.69) is 0 Å². The van der Waals surface area contributed by atoms with Crippen LogP contribution in [-0.4, -0.2) is 0 Å². The van der Waals surface area contributed by atoms with Gasteiger partial charge < -0.3 is 0 Å². The molecule has 0 heterocycles. The monoisotopic (exact) mass is 163 g/mol. The molecular formula is C12H19+. The molecule has 1 fully saturated rings. The summed E-state index contributed by atoms with van der Waals surface area (Å²) >= 11 is 0. The van der Waals surface area contributed by atoms with Crippen molar-refractivity contribution in [2.75, 3.05) is 0 Å². The van der Waals surface area contributed by atoms with Gasteiger partial charge >= 0.3 is 1.43 Å². The van der Waals surface area contributed by atoms with Crippen LogP contribution in [0.5, 0.6) is 0 Å². The molecule has 1 aliphatic rings. The maximum absolute atomic E-state index is 2.00. The molecule has 0 heteroatoms. The van der Waals surface area contributed by atoms with Crippen molar-refractivity contribution in [2.45, 2.75) is 38.5 Å². The number of hydrogen-bond donors (Lipinski definition) is 0. The Bertz CT molecular complexity index is 130. The second-order valence-electron chi connectivity index (χ2n) is 3.28. The second kappa shape index (κ2) is 6.90. The van der Waals surface area contributed by atoms with Gasteiger partial charge in [0.2, 0.25) is 0 Å². The molecule has 2 rings (SSSR count). The summed E-state index contributed by atoms with van der Waals surface area (Å²) in [5, 5.41) is 0. The Morgan fingerprint density at radius 2 is 0.583 bits per heavy atom. The van der Waals surface area contributed by atoms with Crippen molar-refractivity contribution in [1.29, 1.82) is 0 Å². The highest BCUT2D eigenvalue weighted by molar-refractivity contribution is 4.99. The van der Waals surface area contributed by atoms with Crippen molar-refractivity contribution in [3.63, 3.8) is 0 Å². The van der Waals surface area contributed by atoms with Crippen LogP contribution in [0.1, 0.15) is 40.0 Å². The molecule has 0 aliphatic heterocycles. The maximum atomic E-state index is 2.00. The van der Waals surface area contributed by atoms with Gasteiger partial charge in [-0.25, -0.2) is 0 Å². The Kier molecular flexibility index (Phi) is 5.35. The van der Waals surface area contributed by atoms with Crippen molar-refractivity contribution < 1.29 is 1.43 Å². The first-order valence-electron chi connectivity index (χ1n) is 5.00. The zero-order chi connectivity index (χ0) is 8.49. The Morgan fingerprint density at radius 3 is 0.750 bits per heavy atom. The predicted molar refractivity (Wildman–Crippen MR) is 55.3 cm³/mol. The molecule has 1 aromatic carbocycles. The Hall–Kier alpha value is -0.780. The average molecular weight is 163 g/mol. The molecule has 0 atom stereocenters. The van der Waals surface area contributed by atoms with Gasteiger partial charge in [0.15, 0.2) is 0 Å². The van der Waals surface area contributed by atoms with Crippen LogP contribution < -0.4 is 0 Å². The molecule has 0 aromatic heterocycles. The van der Waals surface area contributed by atoms with Gasteiger partial charge in [0.25, 0.3) is 0 Å². The smallest absolute Gasteiger partial charge is 0.0623 e. The minimum atomic E-state index is 0. The van der Waals surface area contributed by atoms with E-state index in [-0.39, 0.29) is 1.43 Å². The van der Waals surface area contributed by atoms with Crippen molar-refractivity contribution in [3.05, 3.63) is 36.4 Å². The molecule has 0 unspecified atom stereocenters. The van der Waals surface area contributed by atoms with Gasteiger partial charge in [0, 0.05) is 0 Å². The summed E-state index contributed by atoms with van der Waals surface area (Å²) < 4.78 is 0. The van der Waals surface area contributed by atoms with Gasteiger partial charge in [-0.15, -0.1) is 0 Å². The van der Waals surface area contributed by atoms with E-state index in [1.807, 2.05) is 36.4 Å². The molecule has 0 saturated heterocycles. The minimum absolute atomic E-state index is 0. The number of benzene rings is 1. The summed E-state index contributed by atoms with van der Waals surface area (Å²) in [6.07, 6.45) is 9.00. The fourth-order valence-corrected chi connectivity index (χ4v) is 1.45. The Labute approximate surface area is 77.1 Å². The van der Waals surface area contributed by atoms with Crippen molar-refractivity contribution in [3.8, 4) is 0 Å². The molecule has 66 valence electrons. The highest BCUT2D eigenvalue weighted by Crippen LogP contribution is 2.15. The molecule has 1 saturated carbocycles. The molecule has 0 radical (unpaired) electrons. The van der Waals surface area contributed by atoms with Gasteiger partial charge in [-0.3, -0.25) is 0 Å². The van der Waals surface area contributed by atoms with Crippen LogP contribution in [-0.2, 0) is 0 Å². The molecule has 0 N–H and O–H groups in total. The molecule has 0 amide bonds. The lowest BCUT2D eigenvalue weighted by atomic mass is 10.0. The SMILES string of the molecule is C1CCCCC1.[H+].c1ccccc1. The second-order valence-corrected chi connectivity index (χ2v) is 3.28. The fourth-order valence-electron chi connectivity index (χ4n) is 1.45. The van der Waals surface area contributed by atoms with E-state index in [1.165, 1.54) is 38.5 Å². The molecule has 0 nitrogen and oxygen atoms in total. The zero-order valence-electron chi connectivity index (χ0n) is 8.71. The summed E-state index contributed by atoms with van der Waals surface area (Å²) in [6.45, 7) is 0. The van der Waals surface area contributed by atoms with Crippen LogP contribution in [0.2, 0.25) is 0 Å². The topological polar surface area (TPSA) is 0 Å². The lowest BCUT2D eigenvalue weighted by Gasteiger charge is -2.05. The van der Waals surface area contributed by atoms with Crippen molar-refractivity contribution in [2.24, 2.45) is 0 Å². The lowest BCUT2D eigenvalue weighted by molar-refractivity contribution is 0.504. The summed E-state index contributed by atoms with van der Waals surface area (Å²) in [4.78, 5) is 0. The standard InChI is InChI=1S/C6H12.C6H6/c2*1-2-4-6-5-3-1/h1-6H2;1-6H/p+1. The first kappa shape index (κ1) is 9.31. The lowest BCUT2D eigenvalue weighted by Crippen LogP contribution is -1.85. The van der Waals surface area contributed by atoms with E-state index in [0.717, 1.165) is 0 Å². The third-order valence-corrected chi connectivity index (χ3v) is 2.17. The Balaban J connectivity index is 0.000000206. The summed E-state index contributed by atoms with van der Waals surface area (Å²) in [5.74, 6) is 0. The van der Waals surface area contributed by atoms with E-state index < -0.39 is 0 Å². The fraction of sp³-hybridized carbons (Fsp3) is 0.500. The minimum Gasteiger partial charge on any atom is -0.0623 e. The zero-order valence-corrected chi connectivity index (χ0v) is 7.71. The molecular weight excluding hydrogens is 144 g/mol. The van der Waals surface area contributed by atoms with Gasteiger partial charge in [-0.2, -0.15) is 0 Å². The van der Waals surface area contributed by atoms with Crippen molar-refractivity contribution in [1.82, 2.24) is 0 Å². The molecule has 1 aromatic rings. The van der Waals surface area contributed by atoms with E-state index >= 15 is 0 Å². The van der Waals surface area contributed by atoms with Gasteiger partial charge in [-0.05, 0) is 0 Å². The third kappa shape index (κ3) is 4.95. The van der Waals surface area contributed by atoms with E-state index in [4.69, 9.17) is 0 Å². The number of hydrogen-bond acceptors (Lipinski definition) is 0. The van der Waals surface area contributed by atoms with Gasteiger partial charge in [0.05, 0.1) is 0 Å². The Morgan fingerprint density at radius 1 is 0.417 bits per heavy atom. The van der Waals surface area contributed by atoms with Crippen LogP contribution in [0.15, 0.2) is 36.4 Å². The number of rotatable bonds is 0. The quantitative estimate of drug-likeness (QED) is 0.539. The highest BCUT2D eigenvalue weighted by atomic mass is 14.0. The molecule has 0 bridgehead atoms. The molecule has 0 spiro atoms. The first-order chi connectivity index (χ1) is 6.00. The van der Waals surface area contributed by atoms with Crippen LogP contribution in [0.25, 0.3) is 0 Å². The van der Waals surface area contributed by atoms with E-state index in [1.54, 1.807) is 0 Å². The van der Waals surface area contributed by atoms with Gasteiger partial charge in [0.1, 0.15) is 0 Å². The third-order valence-electron chi connectivity index (χ3n) is 2.17. The van der Waals surface area contributed by atoms with Crippen LogP contribution in [0.4, 0.5) is 0 Å². The molecule has 1 aliphatic carbocycles. The predicted octanol–water partition coefficient (Wildman–Crippen LogP) is 4.14. The molecule has 12 heavy (non-hydrogen) atoms. The largest absolute Gasteiger partial charge is 1.00 e.